The number of aryl methyl sites for hydroxylation is 1. The molecule has 3 aromatic heterocycles. The molecule has 5 heteroatoms. The maximum atomic E-state index is 4.83. The molecule has 4 heterocycles. The van der Waals surface area contributed by atoms with Gasteiger partial charge in [-0.3, -0.25) is 4.98 Å². The summed E-state index contributed by atoms with van der Waals surface area (Å²) in [7, 11) is 0. The topological polar surface area (TPSA) is 66.5 Å². The zero-order valence-corrected chi connectivity index (χ0v) is 12.4. The average Bonchev–Trinajstić information content (AvgIpc) is 2.92. The SMILES string of the molecule is CCCCc1nc2c([nH]1)-c1ccncc1Nc1ncccc1-2. The van der Waals surface area contributed by atoms with Gasteiger partial charge < -0.3 is 10.3 Å². The number of aromatic nitrogens is 4. The summed E-state index contributed by atoms with van der Waals surface area (Å²) in [6, 6.07) is 6.01. The second-order valence-electron chi connectivity index (χ2n) is 5.46. The number of rotatable bonds is 3. The van der Waals surface area contributed by atoms with E-state index in [4.69, 9.17) is 4.98 Å². The Bertz CT molecular complexity index is 758. The molecule has 0 spiro atoms. The first-order valence-electron chi connectivity index (χ1n) is 7.62. The van der Waals surface area contributed by atoms with Gasteiger partial charge in [0.05, 0.1) is 17.6 Å². The molecule has 4 rings (SSSR count). The summed E-state index contributed by atoms with van der Waals surface area (Å²) < 4.78 is 0. The molecule has 2 N–H and O–H groups in total. The third kappa shape index (κ3) is 2.06. The summed E-state index contributed by atoms with van der Waals surface area (Å²) in [4.78, 5) is 17.0. The summed E-state index contributed by atoms with van der Waals surface area (Å²) in [5.74, 6) is 1.86. The second-order valence-corrected chi connectivity index (χ2v) is 5.46. The van der Waals surface area contributed by atoms with Gasteiger partial charge in [-0.05, 0) is 24.6 Å². The van der Waals surface area contributed by atoms with Crippen molar-refractivity contribution in [3.05, 3.63) is 42.6 Å². The van der Waals surface area contributed by atoms with Crippen molar-refractivity contribution in [2.24, 2.45) is 0 Å². The van der Waals surface area contributed by atoms with Gasteiger partial charge in [-0.1, -0.05) is 13.3 Å². The molecule has 22 heavy (non-hydrogen) atoms. The lowest BCUT2D eigenvalue weighted by molar-refractivity contribution is 0.763. The van der Waals surface area contributed by atoms with Gasteiger partial charge in [-0.25, -0.2) is 9.97 Å². The molecule has 110 valence electrons. The Kier molecular flexibility index (Phi) is 3.11. The summed E-state index contributed by atoms with van der Waals surface area (Å²) in [5, 5.41) is 3.37. The van der Waals surface area contributed by atoms with Crippen molar-refractivity contribution in [2.75, 3.05) is 5.32 Å². The Morgan fingerprint density at radius 2 is 2.09 bits per heavy atom. The molecule has 0 aliphatic carbocycles. The lowest BCUT2D eigenvalue weighted by atomic mass is 10.1. The van der Waals surface area contributed by atoms with E-state index in [1.165, 1.54) is 0 Å². The fourth-order valence-corrected chi connectivity index (χ4v) is 2.81. The molecule has 5 nitrogen and oxygen atoms in total. The Balaban J connectivity index is 1.94. The van der Waals surface area contributed by atoms with E-state index >= 15 is 0 Å². The molecule has 0 fully saturated rings. The van der Waals surface area contributed by atoms with Crippen LogP contribution in [0, 0.1) is 0 Å². The van der Waals surface area contributed by atoms with E-state index in [0.717, 1.165) is 59.1 Å². The van der Waals surface area contributed by atoms with Crippen LogP contribution in [0.25, 0.3) is 22.5 Å². The Hall–Kier alpha value is -2.69. The van der Waals surface area contributed by atoms with Gasteiger partial charge in [0.1, 0.15) is 17.3 Å². The van der Waals surface area contributed by atoms with E-state index in [1.807, 2.05) is 18.3 Å². The zero-order chi connectivity index (χ0) is 14.9. The molecular formula is C17H17N5. The van der Waals surface area contributed by atoms with Crippen molar-refractivity contribution in [2.45, 2.75) is 26.2 Å². The summed E-state index contributed by atoms with van der Waals surface area (Å²) in [6.45, 7) is 2.19. The minimum Gasteiger partial charge on any atom is -0.341 e. The number of anilines is 2. The number of hydrogen-bond donors (Lipinski definition) is 2. The molecule has 0 saturated carbocycles. The lowest BCUT2D eigenvalue weighted by Crippen LogP contribution is -1.96. The number of imidazole rings is 1. The highest BCUT2D eigenvalue weighted by molar-refractivity contribution is 5.94. The fourth-order valence-electron chi connectivity index (χ4n) is 2.81. The largest absolute Gasteiger partial charge is 0.341 e. The van der Waals surface area contributed by atoms with Crippen molar-refractivity contribution >= 4 is 11.5 Å². The number of nitrogens with zero attached hydrogens (tertiary/aromatic N) is 3. The van der Waals surface area contributed by atoms with Gasteiger partial charge in [-0.15, -0.1) is 0 Å². The van der Waals surface area contributed by atoms with Crippen LogP contribution in [0.15, 0.2) is 36.8 Å². The highest BCUT2D eigenvalue weighted by Gasteiger charge is 2.23. The smallest absolute Gasteiger partial charge is 0.139 e. The monoisotopic (exact) mass is 291 g/mol. The second kappa shape index (κ2) is 5.26. The molecule has 1 aliphatic heterocycles. The number of nitrogens with one attached hydrogen (secondary N) is 2. The van der Waals surface area contributed by atoms with Crippen molar-refractivity contribution in [3.63, 3.8) is 0 Å². The fraction of sp³-hybridized carbons (Fsp3) is 0.235. The quantitative estimate of drug-likeness (QED) is 0.600. The molecule has 1 aliphatic rings. The summed E-state index contributed by atoms with van der Waals surface area (Å²) >= 11 is 0. The zero-order valence-electron chi connectivity index (χ0n) is 12.4. The van der Waals surface area contributed by atoms with Crippen molar-refractivity contribution in [1.82, 2.24) is 19.9 Å². The van der Waals surface area contributed by atoms with Gasteiger partial charge in [0.2, 0.25) is 0 Å². The highest BCUT2D eigenvalue weighted by Crippen LogP contribution is 2.41. The summed E-state index contributed by atoms with van der Waals surface area (Å²) in [5.41, 5.74) is 5.06. The van der Waals surface area contributed by atoms with Gasteiger partial charge in [0, 0.05) is 29.9 Å². The van der Waals surface area contributed by atoms with Gasteiger partial charge in [0.25, 0.3) is 0 Å². The number of pyridine rings is 2. The van der Waals surface area contributed by atoms with Crippen LogP contribution in [-0.4, -0.2) is 19.9 Å². The molecule has 0 bridgehead atoms. The van der Waals surface area contributed by atoms with Crippen molar-refractivity contribution < 1.29 is 0 Å². The average molecular weight is 291 g/mol. The third-order valence-corrected chi connectivity index (χ3v) is 3.93. The van der Waals surface area contributed by atoms with E-state index in [-0.39, 0.29) is 0 Å². The predicted molar refractivity (Wildman–Crippen MR) is 86.9 cm³/mol. The van der Waals surface area contributed by atoms with Crippen LogP contribution in [0.4, 0.5) is 11.5 Å². The minimum absolute atomic E-state index is 0.823. The molecule has 0 saturated heterocycles. The standard InChI is InChI=1S/C17H17N5/c1-2-3-6-14-21-15-11-7-9-18-10-13(11)20-17-12(16(15)22-14)5-4-8-19-17/h4-5,7-10H,2-3,6H2,1H3,(H,19,20)(H,21,22). The Labute approximate surface area is 128 Å². The molecule has 0 unspecified atom stereocenters. The van der Waals surface area contributed by atoms with Crippen LogP contribution >= 0.6 is 0 Å². The van der Waals surface area contributed by atoms with Crippen LogP contribution in [0.5, 0.6) is 0 Å². The molecule has 3 aromatic rings. The number of hydrogen-bond acceptors (Lipinski definition) is 4. The van der Waals surface area contributed by atoms with Crippen LogP contribution in [0.1, 0.15) is 25.6 Å². The minimum atomic E-state index is 0.823. The van der Waals surface area contributed by atoms with Gasteiger partial charge in [-0.2, -0.15) is 0 Å². The Morgan fingerprint density at radius 1 is 1.14 bits per heavy atom. The first kappa shape index (κ1) is 13.0. The number of aromatic amines is 1. The van der Waals surface area contributed by atoms with E-state index in [1.54, 1.807) is 12.4 Å². The number of H-pyrrole nitrogens is 1. The first-order chi connectivity index (χ1) is 10.9. The van der Waals surface area contributed by atoms with Crippen LogP contribution in [0.2, 0.25) is 0 Å². The highest BCUT2D eigenvalue weighted by atomic mass is 15.0. The molecule has 0 atom stereocenters. The van der Waals surface area contributed by atoms with Crippen LogP contribution < -0.4 is 5.32 Å². The van der Waals surface area contributed by atoms with Crippen LogP contribution in [0.3, 0.4) is 0 Å². The maximum absolute atomic E-state index is 4.83. The molecule has 0 radical (unpaired) electrons. The van der Waals surface area contributed by atoms with Crippen molar-refractivity contribution in [1.29, 1.82) is 0 Å². The summed E-state index contributed by atoms with van der Waals surface area (Å²) in [6.07, 6.45) is 8.68. The molecule has 0 amide bonds. The van der Waals surface area contributed by atoms with Crippen molar-refractivity contribution in [3.8, 4) is 22.5 Å². The van der Waals surface area contributed by atoms with Gasteiger partial charge >= 0.3 is 0 Å². The maximum Gasteiger partial charge on any atom is 0.139 e. The van der Waals surface area contributed by atoms with Crippen LogP contribution in [-0.2, 0) is 6.42 Å². The van der Waals surface area contributed by atoms with E-state index in [9.17, 15) is 0 Å². The third-order valence-electron chi connectivity index (χ3n) is 3.93. The van der Waals surface area contributed by atoms with Gasteiger partial charge in [0.15, 0.2) is 0 Å². The lowest BCUT2D eigenvalue weighted by Gasteiger charge is -2.07. The number of unbranched alkanes of at least 4 members (excludes halogenated alkanes) is 1. The number of fused-ring (bicyclic) bond motifs is 5. The normalized spacial score (nSPS) is 11.9. The first-order valence-corrected chi connectivity index (χ1v) is 7.62. The molecule has 0 aromatic carbocycles. The predicted octanol–water partition coefficient (Wildman–Crippen LogP) is 3.93. The molecular weight excluding hydrogens is 274 g/mol. The van der Waals surface area contributed by atoms with E-state index < -0.39 is 0 Å². The Morgan fingerprint density at radius 3 is 3.00 bits per heavy atom. The van der Waals surface area contributed by atoms with E-state index in [2.05, 4.69) is 33.3 Å². The van der Waals surface area contributed by atoms with E-state index in [0.29, 0.717) is 0 Å².